The number of nitrogens with one attached hydrogen (secondary N) is 1. The summed E-state index contributed by atoms with van der Waals surface area (Å²) in [7, 11) is -0.214. The summed E-state index contributed by atoms with van der Waals surface area (Å²) >= 11 is 0. The third-order valence-corrected chi connectivity index (χ3v) is 4.58. The standard InChI is InChI=1S/C18H25N2O5P/c1-15(19-2)10-11-20(14-21)18-9-8-17(25-18)13-24-26(22)23-12-16-6-4-3-5-7-16/h3-7,10-11,14,17-19,22H,1,8-9,12-13H2,2H3/b11-10-. The number of allylic oxidation sites excluding steroid dienone is 1. The molecule has 8 heteroatoms. The molecule has 1 aliphatic heterocycles. The second kappa shape index (κ2) is 11.1. The molecule has 1 heterocycles. The first-order valence-corrected chi connectivity index (χ1v) is 9.47. The SMILES string of the molecule is C=C(/C=C\N(C=O)C1CCC(COP(O)OCc2ccccc2)O1)NC. The van der Waals surface area contributed by atoms with Gasteiger partial charge in [0.1, 0.15) is 6.23 Å². The van der Waals surface area contributed by atoms with Gasteiger partial charge >= 0.3 is 8.60 Å². The van der Waals surface area contributed by atoms with E-state index in [4.69, 9.17) is 13.8 Å². The Morgan fingerprint density at radius 2 is 2.19 bits per heavy atom. The van der Waals surface area contributed by atoms with Gasteiger partial charge in [-0.15, -0.1) is 0 Å². The molecular weight excluding hydrogens is 355 g/mol. The van der Waals surface area contributed by atoms with Crippen LogP contribution >= 0.6 is 8.60 Å². The average Bonchev–Trinajstić information content (AvgIpc) is 3.14. The summed E-state index contributed by atoms with van der Waals surface area (Å²) in [5.74, 6) is 0. The summed E-state index contributed by atoms with van der Waals surface area (Å²) in [5, 5.41) is 2.88. The molecule has 1 fully saturated rings. The van der Waals surface area contributed by atoms with Crippen molar-refractivity contribution in [2.45, 2.75) is 31.8 Å². The van der Waals surface area contributed by atoms with Crippen LogP contribution in [0.15, 0.2) is 54.9 Å². The number of carbonyl (C=O) groups is 1. The van der Waals surface area contributed by atoms with Gasteiger partial charge in [0, 0.05) is 18.9 Å². The van der Waals surface area contributed by atoms with Crippen molar-refractivity contribution in [3.8, 4) is 0 Å². The first-order chi connectivity index (χ1) is 12.6. The molecule has 2 N–H and O–H groups in total. The summed E-state index contributed by atoms with van der Waals surface area (Å²) in [6, 6.07) is 9.56. The van der Waals surface area contributed by atoms with Gasteiger partial charge < -0.3 is 24.0 Å². The molecule has 1 aromatic carbocycles. The maximum atomic E-state index is 11.2. The fourth-order valence-corrected chi connectivity index (χ4v) is 3.00. The number of nitrogens with zero attached hydrogens (tertiary/aromatic N) is 1. The molecule has 3 unspecified atom stereocenters. The van der Waals surface area contributed by atoms with Crippen LogP contribution in [0.2, 0.25) is 0 Å². The lowest BCUT2D eigenvalue weighted by Gasteiger charge is -2.21. The Labute approximate surface area is 155 Å². The Hall–Kier alpha value is -1.76. The number of rotatable bonds is 11. The first kappa shape index (κ1) is 20.6. The molecule has 7 nitrogen and oxygen atoms in total. The number of amides is 1. The lowest BCUT2D eigenvalue weighted by atomic mass is 10.2. The number of hydrogen-bond acceptors (Lipinski definition) is 6. The van der Waals surface area contributed by atoms with Crippen molar-refractivity contribution < 1.29 is 23.5 Å². The number of likely N-dealkylation sites (N-methyl/N-ethyl adjacent to an activating group) is 1. The summed E-state index contributed by atoms with van der Waals surface area (Å²) in [6.07, 6.45) is 4.93. The number of carbonyl (C=O) groups excluding carboxylic acids is 1. The van der Waals surface area contributed by atoms with Gasteiger partial charge in [0.15, 0.2) is 0 Å². The molecule has 1 saturated heterocycles. The molecule has 0 radical (unpaired) electrons. The topological polar surface area (TPSA) is 80.3 Å². The van der Waals surface area contributed by atoms with Crippen molar-refractivity contribution >= 4 is 15.0 Å². The highest BCUT2D eigenvalue weighted by Gasteiger charge is 2.29. The minimum atomic E-state index is -1.97. The van der Waals surface area contributed by atoms with E-state index in [1.54, 1.807) is 19.3 Å². The van der Waals surface area contributed by atoms with Gasteiger partial charge in [0.05, 0.1) is 19.3 Å². The van der Waals surface area contributed by atoms with Gasteiger partial charge in [-0.3, -0.25) is 9.69 Å². The van der Waals surface area contributed by atoms with Gasteiger partial charge in [-0.25, -0.2) is 0 Å². The molecule has 142 valence electrons. The van der Waals surface area contributed by atoms with E-state index in [-0.39, 0.29) is 25.5 Å². The van der Waals surface area contributed by atoms with Crippen molar-refractivity contribution in [2.75, 3.05) is 13.7 Å². The molecule has 0 spiro atoms. The Kier molecular flexibility index (Phi) is 8.74. The molecule has 26 heavy (non-hydrogen) atoms. The largest absolute Gasteiger partial charge is 0.389 e. The van der Waals surface area contributed by atoms with E-state index in [0.717, 1.165) is 18.4 Å². The molecule has 0 saturated carbocycles. The van der Waals surface area contributed by atoms with Crippen LogP contribution in [-0.4, -0.2) is 42.2 Å². The molecule has 0 bridgehead atoms. The monoisotopic (exact) mass is 380 g/mol. The zero-order valence-electron chi connectivity index (χ0n) is 14.8. The van der Waals surface area contributed by atoms with Crippen LogP contribution in [0.3, 0.4) is 0 Å². The zero-order chi connectivity index (χ0) is 18.8. The fourth-order valence-electron chi connectivity index (χ4n) is 2.38. The van der Waals surface area contributed by atoms with Crippen LogP contribution < -0.4 is 5.32 Å². The van der Waals surface area contributed by atoms with Crippen LogP contribution in [0.1, 0.15) is 18.4 Å². The lowest BCUT2D eigenvalue weighted by Crippen LogP contribution is -2.30. The summed E-state index contributed by atoms with van der Waals surface area (Å²) in [5.41, 5.74) is 1.66. The summed E-state index contributed by atoms with van der Waals surface area (Å²) in [6.45, 7) is 4.27. The first-order valence-electron chi connectivity index (χ1n) is 8.34. The van der Waals surface area contributed by atoms with E-state index < -0.39 is 8.60 Å². The molecule has 1 amide bonds. The maximum absolute atomic E-state index is 11.2. The van der Waals surface area contributed by atoms with E-state index in [1.807, 2.05) is 30.3 Å². The van der Waals surface area contributed by atoms with E-state index in [0.29, 0.717) is 12.1 Å². The van der Waals surface area contributed by atoms with Crippen LogP contribution in [0, 0.1) is 0 Å². The van der Waals surface area contributed by atoms with E-state index >= 15 is 0 Å². The van der Waals surface area contributed by atoms with E-state index in [2.05, 4.69) is 11.9 Å². The minimum Gasteiger partial charge on any atom is -0.389 e. The Balaban J connectivity index is 1.70. The smallest absolute Gasteiger partial charge is 0.330 e. The Morgan fingerprint density at radius 3 is 2.88 bits per heavy atom. The molecule has 1 aromatic rings. The third-order valence-electron chi connectivity index (χ3n) is 3.86. The number of benzene rings is 1. The van der Waals surface area contributed by atoms with Gasteiger partial charge in [-0.2, -0.15) is 0 Å². The number of ether oxygens (including phenoxy) is 1. The summed E-state index contributed by atoms with van der Waals surface area (Å²) in [4.78, 5) is 22.5. The van der Waals surface area contributed by atoms with Gasteiger partial charge in [0.2, 0.25) is 6.41 Å². The second-order valence-corrected chi connectivity index (χ2v) is 6.72. The predicted molar refractivity (Wildman–Crippen MR) is 99.5 cm³/mol. The Morgan fingerprint density at radius 1 is 1.42 bits per heavy atom. The molecular formula is C18H25N2O5P. The van der Waals surface area contributed by atoms with E-state index in [9.17, 15) is 9.69 Å². The normalized spacial score (nSPS) is 20.8. The quantitative estimate of drug-likeness (QED) is 0.349. The van der Waals surface area contributed by atoms with Gasteiger partial charge in [0.25, 0.3) is 0 Å². The van der Waals surface area contributed by atoms with Crippen molar-refractivity contribution in [1.82, 2.24) is 10.2 Å². The van der Waals surface area contributed by atoms with Crippen LogP contribution in [0.5, 0.6) is 0 Å². The highest BCUT2D eigenvalue weighted by Crippen LogP contribution is 2.35. The molecule has 0 aliphatic carbocycles. The Bertz CT molecular complexity index is 599. The highest BCUT2D eigenvalue weighted by molar-refractivity contribution is 7.40. The van der Waals surface area contributed by atoms with Gasteiger partial charge in [-0.1, -0.05) is 36.9 Å². The van der Waals surface area contributed by atoms with Crippen LogP contribution in [0.25, 0.3) is 0 Å². The van der Waals surface area contributed by atoms with E-state index in [1.165, 1.54) is 4.90 Å². The molecule has 2 rings (SSSR count). The van der Waals surface area contributed by atoms with Crippen LogP contribution in [0.4, 0.5) is 0 Å². The maximum Gasteiger partial charge on any atom is 0.330 e. The average molecular weight is 380 g/mol. The lowest BCUT2D eigenvalue weighted by molar-refractivity contribution is -0.127. The van der Waals surface area contributed by atoms with Gasteiger partial charge in [-0.05, 0) is 24.5 Å². The van der Waals surface area contributed by atoms with Crippen molar-refractivity contribution in [3.63, 3.8) is 0 Å². The van der Waals surface area contributed by atoms with Crippen molar-refractivity contribution in [1.29, 1.82) is 0 Å². The van der Waals surface area contributed by atoms with Crippen LogP contribution in [-0.2, 0) is 25.2 Å². The number of hydrogen-bond donors (Lipinski definition) is 2. The predicted octanol–water partition coefficient (Wildman–Crippen LogP) is 2.65. The molecule has 3 atom stereocenters. The summed E-state index contributed by atoms with van der Waals surface area (Å²) < 4.78 is 16.5. The fraction of sp³-hybridized carbons (Fsp3) is 0.389. The second-order valence-electron chi connectivity index (χ2n) is 5.73. The minimum absolute atomic E-state index is 0.194. The molecule has 1 aliphatic rings. The van der Waals surface area contributed by atoms with Crippen molar-refractivity contribution in [3.05, 3.63) is 60.4 Å². The highest BCUT2D eigenvalue weighted by atomic mass is 31.2. The molecule has 0 aromatic heterocycles. The zero-order valence-corrected chi connectivity index (χ0v) is 15.7. The van der Waals surface area contributed by atoms with Crippen molar-refractivity contribution in [2.24, 2.45) is 0 Å². The third kappa shape index (κ3) is 6.86.